The fourth-order valence-corrected chi connectivity index (χ4v) is 4.37. The molecule has 0 saturated heterocycles. The zero-order valence-electron chi connectivity index (χ0n) is 18.7. The third-order valence-corrected chi connectivity index (χ3v) is 5.79. The van der Waals surface area contributed by atoms with Crippen LogP contribution in [0.25, 0.3) is 11.1 Å². The van der Waals surface area contributed by atoms with Gasteiger partial charge < -0.3 is 14.7 Å². The van der Waals surface area contributed by atoms with Crippen LogP contribution in [0.4, 0.5) is 0 Å². The van der Waals surface area contributed by atoms with Crippen LogP contribution in [0.3, 0.4) is 0 Å². The molecule has 1 aliphatic heterocycles. The van der Waals surface area contributed by atoms with Gasteiger partial charge in [0.1, 0.15) is 0 Å². The number of fused-ring (bicyclic) bond motifs is 1. The summed E-state index contributed by atoms with van der Waals surface area (Å²) in [6, 6.07) is 8.36. The average Bonchev–Trinajstić information content (AvgIpc) is 2.63. The minimum absolute atomic E-state index is 0.569. The Morgan fingerprint density at radius 1 is 1.07 bits per heavy atom. The van der Waals surface area contributed by atoms with Crippen LogP contribution < -0.4 is 0 Å². The Hall–Kier alpha value is -2.17. The molecular weight excluding hydrogens is 362 g/mol. The van der Waals surface area contributed by atoms with Gasteiger partial charge in [0.2, 0.25) is 0 Å². The first-order valence-corrected chi connectivity index (χ1v) is 10.3. The molecule has 0 fully saturated rings. The van der Waals surface area contributed by atoms with Gasteiger partial charge in [-0.25, -0.2) is 4.79 Å². The summed E-state index contributed by atoms with van der Waals surface area (Å²) >= 11 is 0. The molecule has 1 heterocycles. The maximum absolute atomic E-state index is 12.4. The van der Waals surface area contributed by atoms with E-state index in [9.17, 15) is 9.90 Å². The molecule has 3 rings (SSSR count). The van der Waals surface area contributed by atoms with Crippen molar-refractivity contribution in [3.05, 3.63) is 57.6 Å². The summed E-state index contributed by atoms with van der Waals surface area (Å²) in [5.74, 6) is -0.945. The van der Waals surface area contributed by atoms with Gasteiger partial charge in [0, 0.05) is 18.7 Å². The first-order valence-electron chi connectivity index (χ1n) is 10.3. The van der Waals surface area contributed by atoms with Crippen molar-refractivity contribution in [2.24, 2.45) is 0 Å². The number of rotatable bonds is 4. The van der Waals surface area contributed by atoms with Gasteiger partial charge in [-0.3, -0.25) is 0 Å². The van der Waals surface area contributed by atoms with E-state index in [2.05, 4.69) is 57.0 Å². The highest BCUT2D eigenvalue weighted by Crippen LogP contribution is 2.42. The summed E-state index contributed by atoms with van der Waals surface area (Å²) in [6.07, 6.45) is -0.0299. The number of hydrogen-bond donors (Lipinski definition) is 1. The summed E-state index contributed by atoms with van der Waals surface area (Å²) in [4.78, 5) is 14.7. The van der Waals surface area contributed by atoms with E-state index in [1.165, 1.54) is 22.3 Å². The highest BCUT2D eigenvalue weighted by atomic mass is 16.5. The molecule has 156 valence electrons. The van der Waals surface area contributed by atoms with E-state index in [-0.39, 0.29) is 0 Å². The molecule has 0 saturated carbocycles. The van der Waals surface area contributed by atoms with Crippen LogP contribution in [0, 0.1) is 20.8 Å². The van der Waals surface area contributed by atoms with Crippen LogP contribution >= 0.6 is 0 Å². The molecule has 0 radical (unpaired) electrons. The quantitative estimate of drug-likeness (QED) is 0.772. The second-order valence-corrected chi connectivity index (χ2v) is 9.30. The van der Waals surface area contributed by atoms with E-state index >= 15 is 0 Å². The molecule has 2 aromatic rings. The van der Waals surface area contributed by atoms with Gasteiger partial charge in [-0.15, -0.1) is 0 Å². The molecule has 4 heteroatoms. The molecule has 4 nitrogen and oxygen atoms in total. The third-order valence-electron chi connectivity index (χ3n) is 5.79. The maximum atomic E-state index is 12.4. The Morgan fingerprint density at radius 2 is 1.69 bits per heavy atom. The van der Waals surface area contributed by atoms with E-state index in [1.807, 2.05) is 20.8 Å². The number of ether oxygens (including phenoxy) is 1. The van der Waals surface area contributed by atoms with Gasteiger partial charge >= 0.3 is 5.97 Å². The second-order valence-electron chi connectivity index (χ2n) is 9.30. The number of aliphatic carboxylic acids is 1. The molecule has 1 atom stereocenters. The van der Waals surface area contributed by atoms with Crippen molar-refractivity contribution in [2.75, 3.05) is 13.6 Å². The summed E-state index contributed by atoms with van der Waals surface area (Å²) < 4.78 is 6.11. The van der Waals surface area contributed by atoms with E-state index in [0.717, 1.165) is 41.8 Å². The highest BCUT2D eigenvalue weighted by Gasteiger charge is 2.34. The predicted octanol–water partition coefficient (Wildman–Crippen LogP) is 5.21. The molecule has 2 aromatic carbocycles. The average molecular weight is 396 g/mol. The van der Waals surface area contributed by atoms with Gasteiger partial charge in [-0.05, 0) is 88.4 Å². The Kier molecular flexibility index (Phi) is 5.88. The first kappa shape index (κ1) is 21.5. The summed E-state index contributed by atoms with van der Waals surface area (Å²) in [6.45, 7) is 13.8. The van der Waals surface area contributed by atoms with Crippen molar-refractivity contribution < 1.29 is 14.6 Å². The molecule has 0 amide bonds. The lowest BCUT2D eigenvalue weighted by atomic mass is 9.80. The molecule has 0 aliphatic carbocycles. The van der Waals surface area contributed by atoms with Crippen LogP contribution in [-0.4, -0.2) is 35.2 Å². The number of likely N-dealkylation sites (N-methyl/N-ethyl adjacent to an activating group) is 1. The fourth-order valence-electron chi connectivity index (χ4n) is 4.37. The standard InChI is InChI=1S/C25H33NO3/c1-15-8-10-18(11-9-15)21-16(2)19-12-13-26(7)14-20(19)17(3)22(21)23(24(27)28)29-25(4,5)6/h8-11,23H,12-14H2,1-7H3,(H,27,28)/t23-/m0/s1. The fraction of sp³-hybridized carbons (Fsp3) is 0.480. The largest absolute Gasteiger partial charge is 0.479 e. The molecule has 1 N–H and O–H groups in total. The van der Waals surface area contributed by atoms with E-state index in [1.54, 1.807) is 0 Å². The monoisotopic (exact) mass is 395 g/mol. The lowest BCUT2D eigenvalue weighted by molar-refractivity contribution is -0.160. The molecular formula is C25H33NO3. The number of benzene rings is 2. The van der Waals surface area contributed by atoms with Crippen LogP contribution in [0.5, 0.6) is 0 Å². The minimum atomic E-state index is -1.01. The lowest BCUT2D eigenvalue weighted by Crippen LogP contribution is -2.31. The van der Waals surface area contributed by atoms with E-state index in [0.29, 0.717) is 0 Å². The first-order chi connectivity index (χ1) is 13.5. The number of carboxylic acid groups (broad SMARTS) is 1. The van der Waals surface area contributed by atoms with Crippen molar-refractivity contribution >= 4 is 5.97 Å². The SMILES string of the molecule is Cc1ccc(-c2c(C)c3c(c(C)c2[C@H](OC(C)(C)C)C(=O)O)CN(C)CC3)cc1. The Balaban J connectivity index is 2.34. The number of carbonyl (C=O) groups is 1. The number of carboxylic acids is 1. The normalized spacial score (nSPS) is 15.8. The maximum Gasteiger partial charge on any atom is 0.337 e. The molecule has 1 aliphatic rings. The van der Waals surface area contributed by atoms with Gasteiger partial charge in [0.15, 0.2) is 6.10 Å². The number of hydrogen-bond acceptors (Lipinski definition) is 3. The van der Waals surface area contributed by atoms with E-state index < -0.39 is 17.7 Å². The van der Waals surface area contributed by atoms with Crippen molar-refractivity contribution in [2.45, 2.75) is 66.2 Å². The smallest absolute Gasteiger partial charge is 0.337 e. The van der Waals surface area contributed by atoms with Gasteiger partial charge in [-0.1, -0.05) is 29.8 Å². The molecule has 0 unspecified atom stereocenters. The zero-order chi connectivity index (χ0) is 21.5. The summed E-state index contributed by atoms with van der Waals surface area (Å²) in [5, 5.41) is 10.1. The number of nitrogens with zero attached hydrogens (tertiary/aromatic N) is 1. The number of aryl methyl sites for hydroxylation is 1. The van der Waals surface area contributed by atoms with Crippen molar-refractivity contribution in [3.63, 3.8) is 0 Å². The van der Waals surface area contributed by atoms with Crippen molar-refractivity contribution in [3.8, 4) is 11.1 Å². The van der Waals surface area contributed by atoms with E-state index in [4.69, 9.17) is 4.74 Å². The predicted molar refractivity (Wildman–Crippen MR) is 117 cm³/mol. The highest BCUT2D eigenvalue weighted by molar-refractivity contribution is 5.84. The third kappa shape index (κ3) is 4.39. The second kappa shape index (κ2) is 7.92. The molecule has 29 heavy (non-hydrogen) atoms. The Labute approximate surface area is 174 Å². The van der Waals surface area contributed by atoms with Crippen LogP contribution in [0.1, 0.15) is 60.3 Å². The zero-order valence-corrected chi connectivity index (χ0v) is 18.7. The molecule has 0 spiro atoms. The topological polar surface area (TPSA) is 49.8 Å². The lowest BCUT2D eigenvalue weighted by Gasteiger charge is -2.34. The minimum Gasteiger partial charge on any atom is -0.479 e. The van der Waals surface area contributed by atoms with Crippen LogP contribution in [0.2, 0.25) is 0 Å². The Bertz CT molecular complexity index is 923. The van der Waals surface area contributed by atoms with Crippen LogP contribution in [0.15, 0.2) is 24.3 Å². The van der Waals surface area contributed by atoms with Gasteiger partial charge in [-0.2, -0.15) is 0 Å². The van der Waals surface area contributed by atoms with Crippen molar-refractivity contribution in [1.29, 1.82) is 0 Å². The Morgan fingerprint density at radius 3 is 2.24 bits per heavy atom. The summed E-state index contributed by atoms with van der Waals surface area (Å²) in [7, 11) is 2.12. The van der Waals surface area contributed by atoms with Crippen LogP contribution in [-0.2, 0) is 22.5 Å². The van der Waals surface area contributed by atoms with Crippen molar-refractivity contribution in [1.82, 2.24) is 4.90 Å². The van der Waals surface area contributed by atoms with Gasteiger partial charge in [0.05, 0.1) is 5.60 Å². The summed E-state index contributed by atoms with van der Waals surface area (Å²) in [5.41, 5.74) is 8.32. The molecule has 0 aromatic heterocycles. The van der Waals surface area contributed by atoms with Gasteiger partial charge in [0.25, 0.3) is 0 Å². The molecule has 0 bridgehead atoms.